The molecule has 0 aromatic heterocycles. The van der Waals surface area contributed by atoms with Gasteiger partial charge < -0.3 is 4.74 Å². The van der Waals surface area contributed by atoms with Gasteiger partial charge in [-0.25, -0.2) is 0 Å². The fraction of sp³-hybridized carbons (Fsp3) is 1.00. The van der Waals surface area contributed by atoms with Gasteiger partial charge in [0.2, 0.25) is 5.44 Å². The number of alkyl halides is 9. The predicted octanol–water partition coefficient (Wildman–Crippen LogP) is 3.92. The molecule has 1 unspecified atom stereocenters. The molecule has 168 valence electrons. The zero-order chi connectivity index (χ0) is 21.8. The van der Waals surface area contributed by atoms with Gasteiger partial charge in [-0.05, 0) is 0 Å². The summed E-state index contributed by atoms with van der Waals surface area (Å²) in [6.07, 6.45) is -20.7. The zero-order valence-corrected chi connectivity index (χ0v) is 15.8. The van der Waals surface area contributed by atoms with E-state index in [0.29, 0.717) is 0 Å². The van der Waals surface area contributed by atoms with Crippen molar-refractivity contribution >= 4 is 21.0 Å². The minimum atomic E-state index is -4.71. The van der Waals surface area contributed by atoms with Crippen molar-refractivity contribution in [3.63, 3.8) is 0 Å². The smallest absolute Gasteiger partial charge is 0.327 e. The molecule has 28 heavy (non-hydrogen) atoms. The first kappa shape index (κ1) is 25.6. The van der Waals surface area contributed by atoms with Crippen LogP contribution in [-0.4, -0.2) is 62.4 Å². The van der Waals surface area contributed by atoms with Crippen LogP contribution in [0.4, 0.5) is 39.5 Å². The highest BCUT2D eigenvalue weighted by Crippen LogP contribution is 2.31. The molecule has 1 aliphatic heterocycles. The second kappa shape index (κ2) is 9.60. The third-order valence-electron chi connectivity index (χ3n) is 3.50. The van der Waals surface area contributed by atoms with Crippen LogP contribution in [0.2, 0.25) is 0 Å². The summed E-state index contributed by atoms with van der Waals surface area (Å²) in [5.41, 5.74) is -1.60. The maximum absolute atomic E-state index is 12.5. The van der Waals surface area contributed by atoms with Crippen LogP contribution in [0.5, 0.6) is 0 Å². The number of hydrogen-bond donors (Lipinski definition) is 0. The molecular formula is C13H18F9O4S2+. The van der Waals surface area contributed by atoms with Crippen LogP contribution in [0.1, 0.15) is 25.7 Å². The summed E-state index contributed by atoms with van der Waals surface area (Å²) < 4.78 is 145. The van der Waals surface area contributed by atoms with E-state index < -0.39 is 101 Å². The maximum Gasteiger partial charge on any atom is 0.393 e. The van der Waals surface area contributed by atoms with Gasteiger partial charge in [0.15, 0.2) is 0 Å². The van der Waals surface area contributed by atoms with E-state index in [1.54, 1.807) is 0 Å². The van der Waals surface area contributed by atoms with Crippen LogP contribution in [-0.2, 0) is 29.9 Å². The molecule has 0 saturated carbocycles. The van der Waals surface area contributed by atoms with Crippen molar-refractivity contribution in [1.82, 2.24) is 0 Å². The van der Waals surface area contributed by atoms with E-state index in [9.17, 15) is 47.9 Å². The van der Waals surface area contributed by atoms with Gasteiger partial charge >= 0.3 is 18.5 Å². The minimum Gasteiger partial charge on any atom is -0.327 e. The molecule has 0 amide bonds. The van der Waals surface area contributed by atoms with Crippen molar-refractivity contribution in [2.45, 2.75) is 55.8 Å². The predicted molar refractivity (Wildman–Crippen MR) is 82.1 cm³/mol. The Morgan fingerprint density at radius 2 is 1.36 bits per heavy atom. The van der Waals surface area contributed by atoms with Gasteiger partial charge in [-0.15, -0.1) is 0 Å². The lowest BCUT2D eigenvalue weighted by Crippen LogP contribution is -2.37. The first-order chi connectivity index (χ1) is 12.5. The molecule has 0 radical (unpaired) electrons. The first-order valence-electron chi connectivity index (χ1n) is 7.85. The Bertz CT molecular complexity index is 568. The molecule has 1 heterocycles. The van der Waals surface area contributed by atoms with Crippen molar-refractivity contribution in [1.29, 1.82) is 0 Å². The van der Waals surface area contributed by atoms with Gasteiger partial charge in [0.05, 0.1) is 25.9 Å². The third-order valence-corrected chi connectivity index (χ3v) is 7.32. The lowest BCUT2D eigenvalue weighted by atomic mass is 10.3. The van der Waals surface area contributed by atoms with E-state index in [1.807, 2.05) is 0 Å². The van der Waals surface area contributed by atoms with Crippen LogP contribution in [0.15, 0.2) is 0 Å². The number of rotatable bonds is 9. The minimum absolute atomic E-state index is 0.555. The molecule has 0 spiro atoms. The first-order valence-corrected chi connectivity index (χ1v) is 11.1. The van der Waals surface area contributed by atoms with Gasteiger partial charge in [0, 0.05) is 17.3 Å². The van der Waals surface area contributed by atoms with Crippen LogP contribution in [0.25, 0.3) is 0 Å². The maximum atomic E-state index is 12.5. The van der Waals surface area contributed by atoms with Crippen molar-refractivity contribution in [2.75, 3.05) is 23.9 Å². The van der Waals surface area contributed by atoms with Crippen molar-refractivity contribution in [3.05, 3.63) is 0 Å². The average Bonchev–Trinajstić information content (AvgIpc) is 2.80. The normalized spacial score (nSPS) is 22.0. The van der Waals surface area contributed by atoms with Crippen LogP contribution >= 0.6 is 0 Å². The molecule has 2 atom stereocenters. The van der Waals surface area contributed by atoms with Crippen LogP contribution in [0, 0.1) is 0 Å². The van der Waals surface area contributed by atoms with Gasteiger partial charge in [-0.1, -0.05) is 0 Å². The van der Waals surface area contributed by atoms with Gasteiger partial charge in [0.1, 0.15) is 23.4 Å². The van der Waals surface area contributed by atoms with Gasteiger partial charge in [0.25, 0.3) is 10.1 Å². The lowest BCUT2D eigenvalue weighted by molar-refractivity contribution is -0.141. The monoisotopic (exact) mass is 473 g/mol. The largest absolute Gasteiger partial charge is 0.393 e. The molecule has 1 saturated heterocycles. The van der Waals surface area contributed by atoms with E-state index in [4.69, 9.17) is 4.74 Å². The quantitative estimate of drug-likeness (QED) is 0.290. The molecule has 1 aliphatic rings. The summed E-state index contributed by atoms with van der Waals surface area (Å²) in [5, 5.41) is 0. The molecule has 0 aromatic carbocycles. The topological polar surface area (TPSA) is 52.6 Å². The summed E-state index contributed by atoms with van der Waals surface area (Å²) in [7, 11) is -5.81. The summed E-state index contributed by atoms with van der Waals surface area (Å²) >= 11 is 0. The Morgan fingerprint density at radius 3 is 1.71 bits per heavy atom. The third kappa shape index (κ3) is 11.6. The average molecular weight is 473 g/mol. The molecular weight excluding hydrogens is 455 g/mol. The Hall–Kier alpha value is -0.410. The van der Waals surface area contributed by atoms with Crippen molar-refractivity contribution in [3.8, 4) is 0 Å². The number of ether oxygens (including phenoxy) is 1. The SMILES string of the molecule is O=S1(=O)CC(O[C@H](CCC(F)(F)F)[S+](CCC(F)(F)F)CCC(F)(F)F)CO1. The number of halogens is 9. The molecule has 0 aromatic rings. The van der Waals surface area contributed by atoms with Gasteiger partial charge in [-0.3, -0.25) is 4.18 Å². The Labute approximate surface area is 158 Å². The highest BCUT2D eigenvalue weighted by atomic mass is 32.2. The summed E-state index contributed by atoms with van der Waals surface area (Å²) in [6, 6.07) is 0. The van der Waals surface area contributed by atoms with Crippen LogP contribution < -0.4 is 0 Å². The summed E-state index contributed by atoms with van der Waals surface area (Å²) in [5.74, 6) is -2.42. The Morgan fingerprint density at radius 1 is 0.893 bits per heavy atom. The summed E-state index contributed by atoms with van der Waals surface area (Å²) in [4.78, 5) is 0. The fourth-order valence-corrected chi connectivity index (χ4v) is 5.82. The second-order valence-electron chi connectivity index (χ2n) is 6.03. The molecule has 0 N–H and O–H groups in total. The molecule has 4 nitrogen and oxygen atoms in total. The molecule has 0 aliphatic carbocycles. The van der Waals surface area contributed by atoms with Crippen molar-refractivity contribution < 1.29 is 56.9 Å². The molecule has 1 fully saturated rings. The van der Waals surface area contributed by atoms with Gasteiger partial charge in [-0.2, -0.15) is 47.9 Å². The van der Waals surface area contributed by atoms with Crippen LogP contribution in [0.3, 0.4) is 0 Å². The standard InChI is InChI=1S/C13H18F9O4S2/c14-11(15,16)2-1-10(26-9-7-25-28(23,24)8-9)27(5-3-12(17,18)19)6-4-13(20,21)22/h9-10H,1-8H2/q+1/t9?,10-/m0/s1. The van der Waals surface area contributed by atoms with E-state index in [0.717, 1.165) is 0 Å². The Kier molecular flexibility index (Phi) is 8.79. The van der Waals surface area contributed by atoms with E-state index in [2.05, 4.69) is 4.18 Å². The highest BCUT2D eigenvalue weighted by molar-refractivity contribution is 7.97. The van der Waals surface area contributed by atoms with E-state index in [-0.39, 0.29) is 0 Å². The molecule has 15 heteroatoms. The summed E-state index contributed by atoms with van der Waals surface area (Å²) in [6.45, 7) is -0.555. The number of hydrogen-bond acceptors (Lipinski definition) is 4. The lowest BCUT2D eigenvalue weighted by Gasteiger charge is -2.23. The van der Waals surface area contributed by atoms with E-state index in [1.165, 1.54) is 0 Å². The molecule has 1 rings (SSSR count). The van der Waals surface area contributed by atoms with E-state index >= 15 is 0 Å². The van der Waals surface area contributed by atoms with Crippen molar-refractivity contribution in [2.24, 2.45) is 0 Å². The fourth-order valence-electron chi connectivity index (χ4n) is 2.25. The highest BCUT2D eigenvalue weighted by Gasteiger charge is 2.44. The zero-order valence-electron chi connectivity index (χ0n) is 14.2. The molecule has 0 bridgehead atoms. The second-order valence-corrected chi connectivity index (χ2v) is 10.1. The Balaban J connectivity index is 2.94.